The van der Waals surface area contributed by atoms with Crippen molar-refractivity contribution < 1.29 is 0 Å². The van der Waals surface area contributed by atoms with E-state index in [0.29, 0.717) is 0 Å². The predicted molar refractivity (Wildman–Crippen MR) is 68.6 cm³/mol. The molecule has 15 heavy (non-hydrogen) atoms. The van der Waals surface area contributed by atoms with Crippen LogP contribution in [0.25, 0.3) is 0 Å². The minimum Gasteiger partial charge on any atom is -0.312 e. The van der Waals surface area contributed by atoms with Crippen LogP contribution in [0.1, 0.15) is 32.6 Å². The molecule has 0 radical (unpaired) electrons. The molecule has 2 rings (SSSR count). The highest BCUT2D eigenvalue weighted by molar-refractivity contribution is 7.99. The Morgan fingerprint density at radius 3 is 3.00 bits per heavy atom. The summed E-state index contributed by atoms with van der Waals surface area (Å²) in [5.74, 6) is 2.71. The number of nitrogens with one attached hydrogen (secondary N) is 1. The topological polar surface area (TPSA) is 15.3 Å². The molecule has 88 valence electrons. The van der Waals surface area contributed by atoms with Gasteiger partial charge in [0.25, 0.3) is 0 Å². The van der Waals surface area contributed by atoms with Gasteiger partial charge in [0.15, 0.2) is 0 Å². The standard InChI is InChI=1S/C12H24N2S/c1-2-14-7-3-6-12(14)9-13-11-5-4-8-15-10-11/h11-13H,2-10H2,1H3/t11-,12-/m0/s1. The molecule has 1 N–H and O–H groups in total. The molecule has 0 aromatic heterocycles. The lowest BCUT2D eigenvalue weighted by Gasteiger charge is -2.28. The van der Waals surface area contributed by atoms with E-state index in [1.165, 1.54) is 56.8 Å². The fourth-order valence-corrected chi connectivity index (χ4v) is 3.85. The van der Waals surface area contributed by atoms with Crippen molar-refractivity contribution in [3.8, 4) is 0 Å². The van der Waals surface area contributed by atoms with Gasteiger partial charge in [-0.2, -0.15) is 11.8 Å². The maximum absolute atomic E-state index is 3.77. The number of hydrogen-bond acceptors (Lipinski definition) is 3. The average molecular weight is 228 g/mol. The highest BCUT2D eigenvalue weighted by atomic mass is 32.2. The SMILES string of the molecule is CCN1CCC[C@H]1CN[C@H]1CCCSC1. The molecule has 0 aliphatic carbocycles. The van der Waals surface area contributed by atoms with Crippen molar-refractivity contribution in [2.24, 2.45) is 0 Å². The van der Waals surface area contributed by atoms with Gasteiger partial charge in [0.1, 0.15) is 0 Å². The van der Waals surface area contributed by atoms with Gasteiger partial charge in [0, 0.05) is 24.4 Å². The molecule has 0 aromatic rings. The van der Waals surface area contributed by atoms with E-state index in [1.54, 1.807) is 0 Å². The molecular weight excluding hydrogens is 204 g/mol. The van der Waals surface area contributed by atoms with Crippen molar-refractivity contribution in [2.75, 3.05) is 31.1 Å². The summed E-state index contributed by atoms with van der Waals surface area (Å²) in [6, 6.07) is 1.62. The first-order valence-corrected chi connectivity index (χ1v) is 7.61. The summed E-state index contributed by atoms with van der Waals surface area (Å²) in [6.45, 7) is 6.06. The molecule has 2 atom stereocenters. The molecule has 2 heterocycles. The van der Waals surface area contributed by atoms with Crippen LogP contribution >= 0.6 is 11.8 Å². The zero-order valence-corrected chi connectivity index (χ0v) is 10.7. The summed E-state index contributed by atoms with van der Waals surface area (Å²) in [5, 5.41) is 3.77. The van der Waals surface area contributed by atoms with Gasteiger partial charge in [-0.05, 0) is 44.5 Å². The fraction of sp³-hybridized carbons (Fsp3) is 1.00. The van der Waals surface area contributed by atoms with Gasteiger partial charge in [0.2, 0.25) is 0 Å². The van der Waals surface area contributed by atoms with Crippen LogP contribution in [0.2, 0.25) is 0 Å². The van der Waals surface area contributed by atoms with E-state index in [1.807, 2.05) is 0 Å². The summed E-state index contributed by atoms with van der Waals surface area (Å²) in [4.78, 5) is 2.63. The summed E-state index contributed by atoms with van der Waals surface area (Å²) in [5.41, 5.74) is 0. The summed E-state index contributed by atoms with van der Waals surface area (Å²) < 4.78 is 0. The molecule has 2 aliphatic rings. The van der Waals surface area contributed by atoms with Crippen LogP contribution in [0.5, 0.6) is 0 Å². The maximum atomic E-state index is 3.77. The lowest BCUT2D eigenvalue weighted by Crippen LogP contribution is -2.43. The van der Waals surface area contributed by atoms with Gasteiger partial charge in [0.05, 0.1) is 0 Å². The van der Waals surface area contributed by atoms with E-state index in [4.69, 9.17) is 0 Å². The first kappa shape index (κ1) is 11.7. The van der Waals surface area contributed by atoms with Crippen molar-refractivity contribution in [1.82, 2.24) is 10.2 Å². The number of likely N-dealkylation sites (tertiary alicyclic amines) is 1. The maximum Gasteiger partial charge on any atom is 0.0221 e. The quantitative estimate of drug-likeness (QED) is 0.792. The zero-order chi connectivity index (χ0) is 10.5. The molecule has 0 aromatic carbocycles. The molecule has 0 saturated carbocycles. The Balaban J connectivity index is 1.67. The number of hydrogen-bond donors (Lipinski definition) is 1. The highest BCUT2D eigenvalue weighted by Crippen LogP contribution is 2.19. The third kappa shape index (κ3) is 3.36. The summed E-state index contributed by atoms with van der Waals surface area (Å²) in [7, 11) is 0. The van der Waals surface area contributed by atoms with Crippen LogP contribution < -0.4 is 5.32 Å². The van der Waals surface area contributed by atoms with E-state index in [0.717, 1.165) is 12.1 Å². The Bertz CT molecular complexity index is 180. The largest absolute Gasteiger partial charge is 0.312 e. The average Bonchev–Trinajstić information content (AvgIpc) is 2.75. The molecule has 0 amide bonds. The second-order valence-electron chi connectivity index (χ2n) is 4.75. The van der Waals surface area contributed by atoms with E-state index in [-0.39, 0.29) is 0 Å². The predicted octanol–water partition coefficient (Wildman–Crippen LogP) is 1.96. The molecule has 0 bridgehead atoms. The van der Waals surface area contributed by atoms with Crippen LogP contribution in [0, 0.1) is 0 Å². The van der Waals surface area contributed by atoms with Crippen molar-refractivity contribution in [2.45, 2.75) is 44.7 Å². The number of rotatable bonds is 4. The first-order valence-electron chi connectivity index (χ1n) is 6.45. The lowest BCUT2D eigenvalue weighted by molar-refractivity contribution is 0.254. The van der Waals surface area contributed by atoms with Gasteiger partial charge < -0.3 is 5.32 Å². The highest BCUT2D eigenvalue weighted by Gasteiger charge is 2.23. The normalized spacial score (nSPS) is 33.4. The van der Waals surface area contributed by atoms with E-state index < -0.39 is 0 Å². The van der Waals surface area contributed by atoms with E-state index in [2.05, 4.69) is 28.9 Å². The summed E-state index contributed by atoms with van der Waals surface area (Å²) in [6.07, 6.45) is 5.61. The van der Waals surface area contributed by atoms with Gasteiger partial charge in [-0.3, -0.25) is 4.90 Å². The van der Waals surface area contributed by atoms with Crippen LogP contribution in [-0.4, -0.2) is 48.1 Å². The molecule has 0 spiro atoms. The Morgan fingerprint density at radius 2 is 2.27 bits per heavy atom. The van der Waals surface area contributed by atoms with Gasteiger partial charge in [-0.15, -0.1) is 0 Å². The Kier molecular flexibility index (Phi) is 4.79. The molecule has 0 unspecified atom stereocenters. The second kappa shape index (κ2) is 6.12. The Labute approximate surface area is 98.2 Å². The molecular formula is C12H24N2S. The Morgan fingerprint density at radius 1 is 1.33 bits per heavy atom. The third-order valence-corrected chi connectivity index (χ3v) is 4.92. The van der Waals surface area contributed by atoms with Crippen LogP contribution in [0.15, 0.2) is 0 Å². The van der Waals surface area contributed by atoms with Gasteiger partial charge >= 0.3 is 0 Å². The fourth-order valence-electron chi connectivity index (χ4n) is 2.75. The van der Waals surface area contributed by atoms with Crippen molar-refractivity contribution in [1.29, 1.82) is 0 Å². The van der Waals surface area contributed by atoms with E-state index in [9.17, 15) is 0 Å². The third-order valence-electron chi connectivity index (χ3n) is 3.71. The van der Waals surface area contributed by atoms with Crippen molar-refractivity contribution in [3.63, 3.8) is 0 Å². The minimum absolute atomic E-state index is 0.794. The summed E-state index contributed by atoms with van der Waals surface area (Å²) >= 11 is 2.12. The smallest absolute Gasteiger partial charge is 0.0221 e. The molecule has 2 fully saturated rings. The molecule has 3 heteroatoms. The monoisotopic (exact) mass is 228 g/mol. The number of likely N-dealkylation sites (N-methyl/N-ethyl adjacent to an activating group) is 1. The van der Waals surface area contributed by atoms with Crippen LogP contribution in [-0.2, 0) is 0 Å². The molecule has 2 nitrogen and oxygen atoms in total. The minimum atomic E-state index is 0.794. The Hall–Kier alpha value is 0.270. The van der Waals surface area contributed by atoms with Crippen molar-refractivity contribution in [3.05, 3.63) is 0 Å². The first-order chi connectivity index (χ1) is 7.40. The van der Waals surface area contributed by atoms with Gasteiger partial charge in [-0.25, -0.2) is 0 Å². The van der Waals surface area contributed by atoms with E-state index >= 15 is 0 Å². The van der Waals surface area contributed by atoms with Crippen LogP contribution in [0.3, 0.4) is 0 Å². The second-order valence-corrected chi connectivity index (χ2v) is 5.90. The number of thioether (sulfide) groups is 1. The molecule has 2 aliphatic heterocycles. The zero-order valence-electron chi connectivity index (χ0n) is 9.87. The number of nitrogens with zero attached hydrogens (tertiary/aromatic N) is 1. The molecule has 2 saturated heterocycles. The van der Waals surface area contributed by atoms with Crippen molar-refractivity contribution >= 4 is 11.8 Å². The lowest BCUT2D eigenvalue weighted by atomic mass is 10.1. The van der Waals surface area contributed by atoms with Gasteiger partial charge in [-0.1, -0.05) is 6.92 Å². The van der Waals surface area contributed by atoms with Crippen LogP contribution in [0.4, 0.5) is 0 Å².